The molecule has 3 heterocycles. The van der Waals surface area contributed by atoms with E-state index in [4.69, 9.17) is 4.74 Å². The molecule has 7 heteroatoms. The number of nitrogens with zero attached hydrogens (tertiary/aromatic N) is 3. The van der Waals surface area contributed by atoms with E-state index < -0.39 is 0 Å². The number of Topliss-reactive ketones (excluding diaryl/α,β-unsaturated/α-hetero) is 1. The van der Waals surface area contributed by atoms with Gasteiger partial charge in [-0.1, -0.05) is 0 Å². The number of methoxy groups -OCH3 is 1. The maximum Gasteiger partial charge on any atom is 0.274 e. The van der Waals surface area contributed by atoms with Gasteiger partial charge in [0, 0.05) is 42.3 Å². The number of carbonyl (C=O) groups excluding carboxylic acids is 2. The van der Waals surface area contributed by atoms with Crippen LogP contribution < -0.4 is 4.74 Å². The Labute approximate surface area is 161 Å². The number of ether oxygens (including phenoxy) is 1. The molecule has 1 amide bonds. The molecule has 0 bridgehead atoms. The Balaban J connectivity index is 1.51. The summed E-state index contributed by atoms with van der Waals surface area (Å²) in [7, 11) is 1.61. The van der Waals surface area contributed by atoms with Gasteiger partial charge in [0.2, 0.25) is 0 Å². The summed E-state index contributed by atoms with van der Waals surface area (Å²) >= 11 is 1.50. The monoisotopic (exact) mass is 383 g/mol. The molecule has 4 rings (SSSR count). The van der Waals surface area contributed by atoms with Crippen LogP contribution in [0.3, 0.4) is 0 Å². The highest BCUT2D eigenvalue weighted by Crippen LogP contribution is 2.26. The molecule has 0 spiro atoms. The van der Waals surface area contributed by atoms with Gasteiger partial charge in [0.15, 0.2) is 10.7 Å². The molecular weight excluding hydrogens is 362 g/mol. The van der Waals surface area contributed by atoms with Gasteiger partial charge in [-0.25, -0.2) is 4.98 Å². The summed E-state index contributed by atoms with van der Waals surface area (Å²) in [6, 6.07) is 5.50. The zero-order valence-corrected chi connectivity index (χ0v) is 16.2. The molecule has 1 aliphatic rings. The summed E-state index contributed by atoms with van der Waals surface area (Å²) < 4.78 is 7.07. The zero-order valence-electron chi connectivity index (χ0n) is 15.3. The van der Waals surface area contributed by atoms with Crippen LogP contribution in [0, 0.1) is 12.8 Å². The van der Waals surface area contributed by atoms with Crippen molar-refractivity contribution in [2.45, 2.75) is 19.8 Å². The molecule has 0 aliphatic carbocycles. The van der Waals surface area contributed by atoms with Gasteiger partial charge < -0.3 is 9.64 Å². The van der Waals surface area contributed by atoms with Crippen LogP contribution >= 0.6 is 11.3 Å². The molecule has 2 aromatic heterocycles. The van der Waals surface area contributed by atoms with E-state index in [0.29, 0.717) is 24.3 Å². The number of amides is 1. The number of aromatic nitrogens is 2. The summed E-state index contributed by atoms with van der Waals surface area (Å²) in [5.41, 5.74) is 2.05. The number of piperidine rings is 1. The van der Waals surface area contributed by atoms with Crippen molar-refractivity contribution in [2.75, 3.05) is 20.2 Å². The molecule has 1 aromatic carbocycles. The predicted molar refractivity (Wildman–Crippen MR) is 104 cm³/mol. The van der Waals surface area contributed by atoms with E-state index in [2.05, 4.69) is 4.98 Å². The molecule has 0 saturated carbocycles. The largest absolute Gasteiger partial charge is 0.497 e. The lowest BCUT2D eigenvalue weighted by Crippen LogP contribution is -2.42. The molecule has 140 valence electrons. The van der Waals surface area contributed by atoms with Crippen molar-refractivity contribution in [3.8, 4) is 5.75 Å². The number of ketones is 1. The zero-order chi connectivity index (χ0) is 19.0. The maximum absolute atomic E-state index is 13.0. The lowest BCUT2D eigenvalue weighted by molar-refractivity contribution is 0.0632. The second kappa shape index (κ2) is 7.15. The Bertz CT molecular complexity index is 978. The molecule has 27 heavy (non-hydrogen) atoms. The van der Waals surface area contributed by atoms with Crippen molar-refractivity contribution >= 4 is 28.0 Å². The quantitative estimate of drug-likeness (QED) is 0.648. The van der Waals surface area contributed by atoms with Crippen LogP contribution in [0.2, 0.25) is 0 Å². The Hall–Kier alpha value is -2.67. The number of imidazole rings is 1. The Kier molecular flexibility index (Phi) is 4.70. The summed E-state index contributed by atoms with van der Waals surface area (Å²) in [5, 5.41) is 1.93. The highest BCUT2D eigenvalue weighted by atomic mass is 32.1. The van der Waals surface area contributed by atoms with Gasteiger partial charge in [-0.2, -0.15) is 0 Å². The molecule has 0 N–H and O–H groups in total. The molecule has 1 unspecified atom stereocenters. The average molecular weight is 383 g/mol. The van der Waals surface area contributed by atoms with Gasteiger partial charge >= 0.3 is 0 Å². The third-order valence-corrected chi connectivity index (χ3v) is 5.86. The van der Waals surface area contributed by atoms with Gasteiger partial charge in [-0.3, -0.25) is 14.0 Å². The van der Waals surface area contributed by atoms with E-state index in [1.165, 1.54) is 11.3 Å². The highest BCUT2D eigenvalue weighted by Gasteiger charge is 2.31. The van der Waals surface area contributed by atoms with E-state index in [0.717, 1.165) is 29.1 Å². The van der Waals surface area contributed by atoms with E-state index in [9.17, 15) is 9.59 Å². The van der Waals surface area contributed by atoms with Gasteiger partial charge in [-0.15, -0.1) is 11.3 Å². The lowest BCUT2D eigenvalue weighted by atomic mass is 9.88. The number of likely N-dealkylation sites (tertiary alicyclic amines) is 1. The molecule has 1 fully saturated rings. The van der Waals surface area contributed by atoms with Gasteiger partial charge in [0.1, 0.15) is 11.4 Å². The fourth-order valence-corrected chi connectivity index (χ4v) is 4.33. The van der Waals surface area contributed by atoms with Crippen molar-refractivity contribution in [1.29, 1.82) is 0 Å². The average Bonchev–Trinajstić information content (AvgIpc) is 3.29. The Morgan fingerprint density at radius 1 is 1.33 bits per heavy atom. The Morgan fingerprint density at radius 3 is 2.93 bits per heavy atom. The normalized spacial score (nSPS) is 17.3. The van der Waals surface area contributed by atoms with Gasteiger partial charge in [0.05, 0.1) is 7.11 Å². The summed E-state index contributed by atoms with van der Waals surface area (Å²) in [6.45, 7) is 3.02. The van der Waals surface area contributed by atoms with Crippen LogP contribution in [0.4, 0.5) is 0 Å². The third-order valence-electron chi connectivity index (χ3n) is 5.09. The smallest absolute Gasteiger partial charge is 0.274 e. The Morgan fingerprint density at radius 2 is 2.19 bits per heavy atom. The standard InChI is InChI=1S/C20H21N3O3S/c1-13-10-15(26-2)5-6-16(13)18(24)14-4-3-7-22(11-14)19(25)17-12-23-8-9-27-20(23)21-17/h5-6,8-10,12,14H,3-4,7,11H2,1-2H3. The van der Waals surface area contributed by atoms with Crippen LogP contribution in [0.1, 0.15) is 39.3 Å². The van der Waals surface area contributed by atoms with Crippen molar-refractivity contribution < 1.29 is 14.3 Å². The number of thiazole rings is 1. The predicted octanol–water partition coefficient (Wildman–Crippen LogP) is 3.45. The fraction of sp³-hybridized carbons (Fsp3) is 0.350. The SMILES string of the molecule is COc1ccc(C(=O)C2CCCN(C(=O)c3cn4ccsc4n3)C2)c(C)c1. The van der Waals surface area contributed by atoms with Crippen molar-refractivity contribution in [1.82, 2.24) is 14.3 Å². The van der Waals surface area contributed by atoms with Crippen molar-refractivity contribution in [3.05, 3.63) is 52.8 Å². The molecule has 6 nitrogen and oxygen atoms in total. The maximum atomic E-state index is 13.0. The highest BCUT2D eigenvalue weighted by molar-refractivity contribution is 7.15. The number of benzene rings is 1. The van der Waals surface area contributed by atoms with Crippen LogP contribution in [0.25, 0.3) is 4.96 Å². The fourth-order valence-electron chi connectivity index (χ4n) is 3.63. The first kappa shape index (κ1) is 17.7. The minimum Gasteiger partial charge on any atom is -0.497 e. The van der Waals surface area contributed by atoms with Crippen LogP contribution in [-0.2, 0) is 0 Å². The van der Waals surface area contributed by atoms with E-state index in [1.807, 2.05) is 41.1 Å². The molecular formula is C20H21N3O3S. The molecule has 1 aliphatic heterocycles. The minimum atomic E-state index is -0.182. The number of carbonyl (C=O) groups is 2. The van der Waals surface area contributed by atoms with Gasteiger partial charge in [0.25, 0.3) is 5.91 Å². The van der Waals surface area contributed by atoms with E-state index in [-0.39, 0.29) is 17.6 Å². The van der Waals surface area contributed by atoms with Crippen LogP contribution in [-0.4, -0.2) is 46.2 Å². The second-order valence-corrected chi connectivity index (χ2v) is 7.73. The van der Waals surface area contributed by atoms with Crippen molar-refractivity contribution in [2.24, 2.45) is 5.92 Å². The van der Waals surface area contributed by atoms with E-state index >= 15 is 0 Å². The topological polar surface area (TPSA) is 63.9 Å². The second-order valence-electron chi connectivity index (χ2n) is 6.85. The third kappa shape index (κ3) is 3.35. The molecule has 1 saturated heterocycles. The van der Waals surface area contributed by atoms with Crippen LogP contribution in [0.5, 0.6) is 5.75 Å². The summed E-state index contributed by atoms with van der Waals surface area (Å²) in [5.74, 6) is 0.552. The lowest BCUT2D eigenvalue weighted by Gasteiger charge is -2.31. The number of fused-ring (bicyclic) bond motifs is 1. The molecule has 3 aromatic rings. The summed E-state index contributed by atoms with van der Waals surface area (Å²) in [4.78, 5) is 32.8. The molecule has 1 atom stereocenters. The van der Waals surface area contributed by atoms with Crippen molar-refractivity contribution in [3.63, 3.8) is 0 Å². The van der Waals surface area contributed by atoms with Gasteiger partial charge in [-0.05, 0) is 43.5 Å². The first-order valence-electron chi connectivity index (χ1n) is 8.97. The molecule has 0 radical (unpaired) electrons. The first-order chi connectivity index (χ1) is 13.1. The van der Waals surface area contributed by atoms with Crippen LogP contribution in [0.15, 0.2) is 36.0 Å². The number of hydrogen-bond acceptors (Lipinski definition) is 5. The first-order valence-corrected chi connectivity index (χ1v) is 9.85. The minimum absolute atomic E-state index is 0.0958. The summed E-state index contributed by atoms with van der Waals surface area (Å²) in [6.07, 6.45) is 5.26. The number of aryl methyl sites for hydroxylation is 1. The van der Waals surface area contributed by atoms with E-state index in [1.54, 1.807) is 18.2 Å². The number of hydrogen-bond donors (Lipinski definition) is 0. The number of rotatable bonds is 4.